The molecule has 3 N–H and O–H groups in total. The molecule has 3 nitrogen and oxygen atoms in total. The van der Waals surface area contributed by atoms with Gasteiger partial charge in [-0.15, -0.1) is 0 Å². The molecule has 1 heterocycles. The van der Waals surface area contributed by atoms with Gasteiger partial charge in [-0.3, -0.25) is 11.3 Å². The minimum Gasteiger partial charge on any atom is -0.493 e. The molecule has 1 unspecified atom stereocenters. The van der Waals surface area contributed by atoms with Crippen molar-refractivity contribution in [2.24, 2.45) is 11.3 Å². The molecule has 0 spiro atoms. The lowest BCUT2D eigenvalue weighted by Crippen LogP contribution is -2.31. The van der Waals surface area contributed by atoms with Gasteiger partial charge in [0.15, 0.2) is 0 Å². The van der Waals surface area contributed by atoms with Crippen molar-refractivity contribution in [1.82, 2.24) is 5.43 Å². The molecule has 1 atom stereocenters. The third-order valence-corrected chi connectivity index (χ3v) is 3.14. The molecule has 1 aliphatic heterocycles. The summed E-state index contributed by atoms with van der Waals surface area (Å²) in [6.45, 7) is 7.46. The Balaban J connectivity index is 2.29. The Bertz CT molecular complexity index is 396. The van der Waals surface area contributed by atoms with E-state index in [1.54, 1.807) is 0 Å². The van der Waals surface area contributed by atoms with Crippen molar-refractivity contribution in [3.63, 3.8) is 0 Å². The molecule has 3 heteroatoms. The van der Waals surface area contributed by atoms with Crippen LogP contribution in [-0.4, -0.2) is 6.61 Å². The van der Waals surface area contributed by atoms with E-state index in [1.165, 1.54) is 11.1 Å². The highest BCUT2D eigenvalue weighted by atomic mass is 16.5. The third-order valence-electron chi connectivity index (χ3n) is 3.14. The summed E-state index contributed by atoms with van der Waals surface area (Å²) in [7, 11) is 0. The number of nitrogens with two attached hydrogens (primary N) is 1. The standard InChI is InChI=1S/C14H22N2O/c1-14(2,3)9-12(16-15)11-6-4-5-10-7-8-17-13(10)11/h4-6,12,16H,7-9,15H2,1-3H3. The smallest absolute Gasteiger partial charge is 0.127 e. The molecule has 0 aromatic heterocycles. The van der Waals surface area contributed by atoms with Crippen LogP contribution in [-0.2, 0) is 6.42 Å². The van der Waals surface area contributed by atoms with E-state index in [2.05, 4.69) is 44.4 Å². The van der Waals surface area contributed by atoms with Crippen LogP contribution in [0.4, 0.5) is 0 Å². The highest BCUT2D eigenvalue weighted by Gasteiger charge is 2.25. The summed E-state index contributed by atoms with van der Waals surface area (Å²) < 4.78 is 5.73. The molecule has 1 aromatic rings. The Labute approximate surface area is 103 Å². The molecule has 0 radical (unpaired) electrons. The maximum absolute atomic E-state index is 5.73. The molecule has 1 aliphatic rings. The van der Waals surface area contributed by atoms with Crippen molar-refractivity contribution in [3.05, 3.63) is 29.3 Å². The normalized spacial score (nSPS) is 16.5. The Hall–Kier alpha value is -1.06. The first-order chi connectivity index (χ1) is 8.01. The lowest BCUT2D eigenvalue weighted by atomic mass is 9.85. The van der Waals surface area contributed by atoms with Gasteiger partial charge in [-0.25, -0.2) is 0 Å². The van der Waals surface area contributed by atoms with Crippen LogP contribution in [0.1, 0.15) is 44.4 Å². The molecule has 0 fully saturated rings. The predicted octanol–water partition coefficient (Wildman–Crippen LogP) is 2.56. The topological polar surface area (TPSA) is 47.3 Å². The second-order valence-electron chi connectivity index (χ2n) is 5.92. The SMILES string of the molecule is CC(C)(C)CC(NN)c1cccc2c1OCC2. The quantitative estimate of drug-likeness (QED) is 0.624. The van der Waals surface area contributed by atoms with Crippen molar-refractivity contribution in [2.75, 3.05) is 6.61 Å². The van der Waals surface area contributed by atoms with Gasteiger partial charge in [0.25, 0.3) is 0 Å². The van der Waals surface area contributed by atoms with Gasteiger partial charge in [0.2, 0.25) is 0 Å². The lowest BCUT2D eigenvalue weighted by molar-refractivity contribution is 0.301. The Morgan fingerprint density at radius 3 is 2.82 bits per heavy atom. The fourth-order valence-electron chi connectivity index (χ4n) is 2.39. The Morgan fingerprint density at radius 2 is 2.18 bits per heavy atom. The minimum absolute atomic E-state index is 0.156. The molecule has 0 aliphatic carbocycles. The van der Waals surface area contributed by atoms with Crippen molar-refractivity contribution in [3.8, 4) is 5.75 Å². The minimum atomic E-state index is 0.156. The molecular weight excluding hydrogens is 212 g/mol. The number of fused-ring (bicyclic) bond motifs is 1. The van der Waals surface area contributed by atoms with Gasteiger partial charge in [-0.1, -0.05) is 39.0 Å². The van der Waals surface area contributed by atoms with Gasteiger partial charge in [0.1, 0.15) is 5.75 Å². The number of rotatable bonds is 3. The Kier molecular flexibility index (Phi) is 3.40. The number of hydrazine groups is 1. The van der Waals surface area contributed by atoms with Crippen LogP contribution in [0.3, 0.4) is 0 Å². The van der Waals surface area contributed by atoms with Crippen LogP contribution in [0.5, 0.6) is 5.75 Å². The summed E-state index contributed by atoms with van der Waals surface area (Å²) >= 11 is 0. The fourth-order valence-corrected chi connectivity index (χ4v) is 2.39. The fraction of sp³-hybridized carbons (Fsp3) is 0.571. The van der Waals surface area contributed by atoms with Gasteiger partial charge >= 0.3 is 0 Å². The number of para-hydroxylation sites is 1. The lowest BCUT2D eigenvalue weighted by Gasteiger charge is -2.26. The summed E-state index contributed by atoms with van der Waals surface area (Å²) in [6.07, 6.45) is 2.00. The first kappa shape index (κ1) is 12.4. The summed E-state index contributed by atoms with van der Waals surface area (Å²) in [5.74, 6) is 6.74. The molecule has 0 bridgehead atoms. The zero-order chi connectivity index (χ0) is 12.5. The van der Waals surface area contributed by atoms with E-state index in [-0.39, 0.29) is 11.5 Å². The average Bonchev–Trinajstić information content (AvgIpc) is 2.72. The van der Waals surface area contributed by atoms with Gasteiger partial charge in [0, 0.05) is 12.0 Å². The maximum atomic E-state index is 5.73. The van der Waals surface area contributed by atoms with Crippen LogP contribution < -0.4 is 16.0 Å². The van der Waals surface area contributed by atoms with Crippen LogP contribution in [0, 0.1) is 5.41 Å². The first-order valence-corrected chi connectivity index (χ1v) is 6.22. The van der Waals surface area contributed by atoms with E-state index in [9.17, 15) is 0 Å². The van der Waals surface area contributed by atoms with Crippen molar-refractivity contribution < 1.29 is 4.74 Å². The molecule has 0 saturated carbocycles. The number of hydrogen-bond acceptors (Lipinski definition) is 3. The van der Waals surface area contributed by atoms with Gasteiger partial charge in [-0.05, 0) is 17.4 Å². The molecule has 0 saturated heterocycles. The van der Waals surface area contributed by atoms with Gasteiger partial charge in [-0.2, -0.15) is 0 Å². The summed E-state index contributed by atoms with van der Waals surface area (Å²) in [4.78, 5) is 0. The van der Waals surface area contributed by atoms with Crippen LogP contribution in [0.15, 0.2) is 18.2 Å². The van der Waals surface area contributed by atoms with Gasteiger partial charge < -0.3 is 4.74 Å². The second-order valence-corrected chi connectivity index (χ2v) is 5.92. The highest BCUT2D eigenvalue weighted by Crippen LogP contribution is 2.37. The molecule has 1 aromatic carbocycles. The summed E-state index contributed by atoms with van der Waals surface area (Å²) in [5.41, 5.74) is 5.65. The predicted molar refractivity (Wildman–Crippen MR) is 69.8 cm³/mol. The van der Waals surface area contributed by atoms with E-state index >= 15 is 0 Å². The van der Waals surface area contributed by atoms with E-state index in [0.717, 1.165) is 25.2 Å². The van der Waals surface area contributed by atoms with Crippen molar-refractivity contribution in [1.29, 1.82) is 0 Å². The molecule has 0 amide bonds. The zero-order valence-corrected chi connectivity index (χ0v) is 10.9. The molecule has 94 valence electrons. The third kappa shape index (κ3) is 2.79. The van der Waals surface area contributed by atoms with E-state index in [1.807, 2.05) is 0 Å². The summed E-state index contributed by atoms with van der Waals surface area (Å²) in [5, 5.41) is 0. The highest BCUT2D eigenvalue weighted by molar-refractivity contribution is 5.45. The van der Waals surface area contributed by atoms with E-state index < -0.39 is 0 Å². The average molecular weight is 234 g/mol. The molecular formula is C14H22N2O. The van der Waals surface area contributed by atoms with Crippen LogP contribution >= 0.6 is 0 Å². The second kappa shape index (κ2) is 4.67. The van der Waals surface area contributed by atoms with E-state index in [4.69, 9.17) is 10.6 Å². The number of ether oxygens (including phenoxy) is 1. The number of nitrogens with one attached hydrogen (secondary N) is 1. The maximum Gasteiger partial charge on any atom is 0.127 e. The first-order valence-electron chi connectivity index (χ1n) is 6.22. The monoisotopic (exact) mass is 234 g/mol. The van der Waals surface area contributed by atoms with Gasteiger partial charge in [0.05, 0.1) is 12.6 Å². The Morgan fingerprint density at radius 1 is 1.41 bits per heavy atom. The summed E-state index contributed by atoms with van der Waals surface area (Å²) in [6, 6.07) is 6.50. The van der Waals surface area contributed by atoms with Crippen molar-refractivity contribution >= 4 is 0 Å². The molecule has 2 rings (SSSR count). The zero-order valence-electron chi connectivity index (χ0n) is 10.9. The number of benzene rings is 1. The van der Waals surface area contributed by atoms with E-state index in [0.29, 0.717) is 0 Å². The van der Waals surface area contributed by atoms with Crippen LogP contribution in [0.25, 0.3) is 0 Å². The molecule has 17 heavy (non-hydrogen) atoms. The number of hydrogen-bond donors (Lipinski definition) is 2. The van der Waals surface area contributed by atoms with Crippen LogP contribution in [0.2, 0.25) is 0 Å². The van der Waals surface area contributed by atoms with Crippen molar-refractivity contribution in [2.45, 2.75) is 39.7 Å². The largest absolute Gasteiger partial charge is 0.493 e.